The van der Waals surface area contributed by atoms with E-state index in [1.165, 1.54) is 0 Å². The van der Waals surface area contributed by atoms with Crippen LogP contribution in [0.1, 0.15) is 13.3 Å². The Kier molecular flexibility index (Phi) is 3.42. The van der Waals surface area contributed by atoms with E-state index in [0.29, 0.717) is 6.04 Å². The van der Waals surface area contributed by atoms with Gasteiger partial charge < -0.3 is 4.90 Å². The van der Waals surface area contributed by atoms with E-state index in [-0.39, 0.29) is 12.3 Å². The summed E-state index contributed by atoms with van der Waals surface area (Å²) in [5, 5.41) is 8.35. The molecule has 1 atom stereocenters. The van der Waals surface area contributed by atoms with E-state index >= 15 is 0 Å². The first kappa shape index (κ1) is 9.40. The Labute approximate surface area is 76.7 Å². The fourth-order valence-corrected chi connectivity index (χ4v) is 2.28. The van der Waals surface area contributed by atoms with Gasteiger partial charge in [-0.1, -0.05) is 0 Å². The van der Waals surface area contributed by atoms with Crippen LogP contribution in [0.15, 0.2) is 0 Å². The minimum Gasteiger partial charge on any atom is -0.337 e. The predicted molar refractivity (Wildman–Crippen MR) is 48.7 cm³/mol. The maximum atomic E-state index is 11.3. The van der Waals surface area contributed by atoms with Gasteiger partial charge in [-0.25, -0.2) is 0 Å². The highest BCUT2D eigenvalue weighted by molar-refractivity contribution is 7.99. The monoisotopic (exact) mass is 184 g/mol. The smallest absolute Gasteiger partial charge is 0.237 e. The molecule has 0 aromatic heterocycles. The third-order valence-electron chi connectivity index (χ3n) is 1.92. The lowest BCUT2D eigenvalue weighted by Gasteiger charge is -2.32. The summed E-state index contributed by atoms with van der Waals surface area (Å²) in [6.45, 7) is 2.83. The number of amides is 1. The molecule has 0 radical (unpaired) electrons. The molecule has 0 aromatic carbocycles. The van der Waals surface area contributed by atoms with E-state index in [9.17, 15) is 4.79 Å². The Morgan fingerprint density at radius 1 is 1.83 bits per heavy atom. The number of hydrogen-bond donors (Lipinski definition) is 0. The molecule has 0 aliphatic carbocycles. The molecular weight excluding hydrogens is 172 g/mol. The molecule has 1 fully saturated rings. The lowest BCUT2D eigenvalue weighted by Crippen LogP contribution is -2.44. The Morgan fingerprint density at radius 3 is 3.17 bits per heavy atom. The summed E-state index contributed by atoms with van der Waals surface area (Å²) in [6, 6.07) is 2.18. The second-order valence-corrected chi connectivity index (χ2v) is 4.00. The number of rotatable bonds is 1. The van der Waals surface area contributed by atoms with Crippen LogP contribution >= 0.6 is 11.8 Å². The number of carbonyl (C=O) groups excluding carboxylic acids is 1. The molecule has 1 heterocycles. The van der Waals surface area contributed by atoms with Crippen LogP contribution < -0.4 is 0 Å². The molecule has 1 unspecified atom stereocenters. The van der Waals surface area contributed by atoms with Crippen LogP contribution in [0.2, 0.25) is 0 Å². The summed E-state index contributed by atoms with van der Waals surface area (Å²) in [5.74, 6) is 1.98. The van der Waals surface area contributed by atoms with E-state index in [1.54, 1.807) is 4.90 Å². The van der Waals surface area contributed by atoms with Crippen LogP contribution in [-0.2, 0) is 4.79 Å². The molecule has 1 amide bonds. The van der Waals surface area contributed by atoms with E-state index < -0.39 is 0 Å². The van der Waals surface area contributed by atoms with Crippen molar-refractivity contribution in [1.82, 2.24) is 4.90 Å². The van der Waals surface area contributed by atoms with E-state index in [1.807, 2.05) is 24.8 Å². The third kappa shape index (κ3) is 2.15. The van der Waals surface area contributed by atoms with Crippen LogP contribution in [-0.4, -0.2) is 34.9 Å². The fraction of sp³-hybridized carbons (Fsp3) is 0.750. The summed E-state index contributed by atoms with van der Waals surface area (Å²) in [7, 11) is 0. The quantitative estimate of drug-likeness (QED) is 0.607. The van der Waals surface area contributed by atoms with Crippen molar-refractivity contribution >= 4 is 17.7 Å². The van der Waals surface area contributed by atoms with Gasteiger partial charge in [-0.15, -0.1) is 0 Å². The van der Waals surface area contributed by atoms with Gasteiger partial charge in [0.25, 0.3) is 0 Å². The van der Waals surface area contributed by atoms with Crippen molar-refractivity contribution in [2.24, 2.45) is 0 Å². The molecule has 12 heavy (non-hydrogen) atoms. The number of nitrogens with zero attached hydrogens (tertiary/aromatic N) is 2. The minimum absolute atomic E-state index is 0.0228. The van der Waals surface area contributed by atoms with Crippen molar-refractivity contribution in [1.29, 1.82) is 5.26 Å². The first-order chi connectivity index (χ1) is 5.75. The van der Waals surface area contributed by atoms with E-state index in [0.717, 1.165) is 18.1 Å². The van der Waals surface area contributed by atoms with Gasteiger partial charge in [-0.05, 0) is 6.92 Å². The van der Waals surface area contributed by atoms with Gasteiger partial charge in [-0.3, -0.25) is 4.79 Å². The highest BCUT2D eigenvalue weighted by atomic mass is 32.2. The molecule has 0 bridgehead atoms. The maximum Gasteiger partial charge on any atom is 0.237 e. The van der Waals surface area contributed by atoms with Crippen LogP contribution in [0, 0.1) is 11.3 Å². The number of thioether (sulfide) groups is 1. The van der Waals surface area contributed by atoms with Crippen LogP contribution in [0.25, 0.3) is 0 Å². The Hall–Kier alpha value is -0.690. The zero-order chi connectivity index (χ0) is 8.97. The van der Waals surface area contributed by atoms with Gasteiger partial charge in [0.15, 0.2) is 0 Å². The summed E-state index contributed by atoms with van der Waals surface area (Å²) >= 11 is 1.87. The molecule has 1 saturated heterocycles. The fourth-order valence-electron chi connectivity index (χ4n) is 1.27. The molecule has 66 valence electrons. The molecular formula is C8H12N2OS. The Bertz CT molecular complexity index is 212. The molecule has 0 aromatic rings. The van der Waals surface area contributed by atoms with Crippen LogP contribution in [0.3, 0.4) is 0 Å². The highest BCUT2D eigenvalue weighted by Crippen LogP contribution is 2.16. The first-order valence-corrected chi connectivity index (χ1v) is 5.15. The SMILES string of the molecule is CC1CSCCN1C(=O)CC#N. The van der Waals surface area contributed by atoms with Crippen LogP contribution in [0.5, 0.6) is 0 Å². The molecule has 0 saturated carbocycles. The molecule has 4 heteroatoms. The predicted octanol–water partition coefficient (Wildman–Crippen LogP) is 0.864. The second kappa shape index (κ2) is 4.36. The standard InChI is InChI=1S/C8H12N2OS/c1-7-6-12-5-4-10(7)8(11)2-3-9/h7H,2,4-6H2,1H3. The third-order valence-corrected chi connectivity index (χ3v) is 3.11. The van der Waals surface area contributed by atoms with Crippen molar-refractivity contribution in [3.63, 3.8) is 0 Å². The average molecular weight is 184 g/mol. The van der Waals surface area contributed by atoms with Crippen molar-refractivity contribution in [3.8, 4) is 6.07 Å². The normalized spacial score (nSPS) is 23.3. The lowest BCUT2D eigenvalue weighted by atomic mass is 10.3. The zero-order valence-electron chi connectivity index (χ0n) is 7.12. The van der Waals surface area contributed by atoms with Gasteiger partial charge >= 0.3 is 0 Å². The largest absolute Gasteiger partial charge is 0.337 e. The Morgan fingerprint density at radius 2 is 2.58 bits per heavy atom. The van der Waals surface area contributed by atoms with Crippen molar-refractivity contribution in [2.75, 3.05) is 18.1 Å². The van der Waals surface area contributed by atoms with Gasteiger partial charge in [0.05, 0.1) is 6.07 Å². The van der Waals surface area contributed by atoms with Gasteiger partial charge in [-0.2, -0.15) is 17.0 Å². The van der Waals surface area contributed by atoms with Gasteiger partial charge in [0, 0.05) is 24.1 Å². The molecule has 1 aliphatic rings. The summed E-state index contributed by atoms with van der Waals surface area (Å²) in [5.41, 5.74) is 0. The Balaban J connectivity index is 2.49. The molecule has 0 N–H and O–H groups in total. The average Bonchev–Trinajstić information content (AvgIpc) is 2.05. The van der Waals surface area contributed by atoms with Crippen molar-refractivity contribution in [3.05, 3.63) is 0 Å². The number of nitriles is 1. The summed E-state index contributed by atoms with van der Waals surface area (Å²) in [4.78, 5) is 13.1. The van der Waals surface area contributed by atoms with Crippen LogP contribution in [0.4, 0.5) is 0 Å². The molecule has 3 nitrogen and oxygen atoms in total. The van der Waals surface area contributed by atoms with Crippen molar-refractivity contribution < 1.29 is 4.79 Å². The topological polar surface area (TPSA) is 44.1 Å². The molecule has 1 aliphatic heterocycles. The van der Waals surface area contributed by atoms with Crippen molar-refractivity contribution in [2.45, 2.75) is 19.4 Å². The minimum atomic E-state index is -0.0229. The molecule has 0 spiro atoms. The second-order valence-electron chi connectivity index (χ2n) is 2.85. The zero-order valence-corrected chi connectivity index (χ0v) is 7.93. The summed E-state index contributed by atoms with van der Waals surface area (Å²) in [6.07, 6.45) is 0.0228. The lowest BCUT2D eigenvalue weighted by molar-refractivity contribution is -0.131. The number of hydrogen-bond acceptors (Lipinski definition) is 3. The summed E-state index contributed by atoms with van der Waals surface area (Å²) < 4.78 is 0. The van der Waals surface area contributed by atoms with E-state index in [2.05, 4.69) is 0 Å². The number of carbonyl (C=O) groups is 1. The van der Waals surface area contributed by atoms with Gasteiger partial charge in [0.1, 0.15) is 6.42 Å². The first-order valence-electron chi connectivity index (χ1n) is 4.00. The van der Waals surface area contributed by atoms with Gasteiger partial charge in [0.2, 0.25) is 5.91 Å². The maximum absolute atomic E-state index is 11.3. The highest BCUT2D eigenvalue weighted by Gasteiger charge is 2.22. The molecule has 1 rings (SSSR count). The van der Waals surface area contributed by atoms with E-state index in [4.69, 9.17) is 5.26 Å².